The fourth-order valence-corrected chi connectivity index (χ4v) is 2.59. The summed E-state index contributed by atoms with van der Waals surface area (Å²) in [7, 11) is 0. The van der Waals surface area contributed by atoms with E-state index in [4.69, 9.17) is 11.6 Å². The van der Waals surface area contributed by atoms with Crippen molar-refractivity contribution < 1.29 is 0 Å². The zero-order valence-corrected chi connectivity index (χ0v) is 12.4. The highest BCUT2D eigenvalue weighted by atomic mass is 35.5. The molecule has 1 heterocycles. The van der Waals surface area contributed by atoms with Crippen LogP contribution in [0.4, 0.5) is 0 Å². The molecule has 102 valence electrons. The second-order valence-corrected chi connectivity index (χ2v) is 5.01. The van der Waals surface area contributed by atoms with E-state index in [9.17, 15) is 0 Å². The van der Waals surface area contributed by atoms with Crippen molar-refractivity contribution in [1.29, 1.82) is 0 Å². The topological polar surface area (TPSA) is 29.9 Å². The molecule has 0 amide bonds. The van der Waals surface area contributed by atoms with Crippen LogP contribution in [0.1, 0.15) is 36.7 Å². The van der Waals surface area contributed by atoms with E-state index in [0.717, 1.165) is 18.8 Å². The first-order chi connectivity index (χ1) is 9.17. The molecule has 0 aliphatic rings. The van der Waals surface area contributed by atoms with Crippen LogP contribution in [0.5, 0.6) is 0 Å². The smallest absolute Gasteiger partial charge is 0.0837 e. The van der Waals surface area contributed by atoms with Gasteiger partial charge in [-0.05, 0) is 26.0 Å². The normalized spacial score (nSPS) is 12.6. The Hall–Kier alpha value is -1.32. The van der Waals surface area contributed by atoms with Crippen molar-refractivity contribution in [1.82, 2.24) is 15.1 Å². The number of aryl methyl sites for hydroxylation is 2. The first-order valence-corrected chi connectivity index (χ1v) is 7.06. The van der Waals surface area contributed by atoms with Gasteiger partial charge in [0.15, 0.2) is 0 Å². The van der Waals surface area contributed by atoms with Crippen molar-refractivity contribution in [2.75, 3.05) is 6.54 Å². The zero-order valence-electron chi connectivity index (χ0n) is 11.7. The summed E-state index contributed by atoms with van der Waals surface area (Å²) in [5.74, 6) is 0. The number of halogens is 1. The van der Waals surface area contributed by atoms with Crippen molar-refractivity contribution in [3.8, 4) is 0 Å². The molecule has 3 nitrogen and oxygen atoms in total. The molecule has 19 heavy (non-hydrogen) atoms. The standard InChI is InChI=1S/C15H20ClN3/c1-4-17-14(12-8-6-7-11(3)9-12)15-13(16)10-18-19(15)5-2/h6-10,14,17H,4-5H2,1-3H3. The van der Waals surface area contributed by atoms with Gasteiger partial charge in [-0.25, -0.2) is 0 Å². The van der Waals surface area contributed by atoms with Gasteiger partial charge in [-0.2, -0.15) is 5.10 Å². The second-order valence-electron chi connectivity index (χ2n) is 4.60. The Morgan fingerprint density at radius 3 is 2.79 bits per heavy atom. The molecule has 0 fully saturated rings. The van der Waals surface area contributed by atoms with E-state index in [0.29, 0.717) is 5.02 Å². The van der Waals surface area contributed by atoms with Crippen LogP contribution >= 0.6 is 11.6 Å². The Kier molecular flexibility index (Phi) is 4.61. The van der Waals surface area contributed by atoms with Gasteiger partial charge in [-0.1, -0.05) is 48.4 Å². The van der Waals surface area contributed by atoms with E-state index in [-0.39, 0.29) is 6.04 Å². The van der Waals surface area contributed by atoms with Crippen LogP contribution in [0.15, 0.2) is 30.5 Å². The van der Waals surface area contributed by atoms with Crippen LogP contribution in [-0.4, -0.2) is 16.3 Å². The molecule has 4 heteroatoms. The predicted octanol–water partition coefficient (Wildman–Crippen LogP) is 3.56. The van der Waals surface area contributed by atoms with Gasteiger partial charge in [0.05, 0.1) is 23.0 Å². The zero-order chi connectivity index (χ0) is 13.8. The Balaban J connectivity index is 2.48. The predicted molar refractivity (Wildman–Crippen MR) is 79.6 cm³/mol. The maximum Gasteiger partial charge on any atom is 0.0837 e. The minimum absolute atomic E-state index is 0.0832. The number of rotatable bonds is 5. The summed E-state index contributed by atoms with van der Waals surface area (Å²) < 4.78 is 1.96. The SMILES string of the molecule is CCNC(c1cccc(C)c1)c1c(Cl)cnn1CC. The third-order valence-electron chi connectivity index (χ3n) is 3.19. The maximum absolute atomic E-state index is 6.32. The molecule has 0 aliphatic heterocycles. The van der Waals surface area contributed by atoms with E-state index in [1.807, 2.05) is 4.68 Å². The van der Waals surface area contributed by atoms with Gasteiger partial charge >= 0.3 is 0 Å². The second kappa shape index (κ2) is 6.22. The Labute approximate surface area is 119 Å². The van der Waals surface area contributed by atoms with Crippen molar-refractivity contribution in [3.05, 3.63) is 52.3 Å². The van der Waals surface area contributed by atoms with E-state index >= 15 is 0 Å². The molecule has 0 saturated carbocycles. The average molecular weight is 278 g/mol. The molecular formula is C15H20ClN3. The molecule has 1 atom stereocenters. The molecule has 0 saturated heterocycles. The van der Waals surface area contributed by atoms with Crippen LogP contribution in [0.25, 0.3) is 0 Å². The maximum atomic E-state index is 6.32. The van der Waals surface area contributed by atoms with Crippen molar-refractivity contribution in [3.63, 3.8) is 0 Å². The molecule has 1 N–H and O–H groups in total. The highest BCUT2D eigenvalue weighted by Gasteiger charge is 2.20. The van der Waals surface area contributed by atoms with Crippen molar-refractivity contribution >= 4 is 11.6 Å². The number of nitrogens with one attached hydrogen (secondary N) is 1. The molecule has 2 rings (SSSR count). The van der Waals surface area contributed by atoms with Gasteiger partial charge in [0, 0.05) is 6.54 Å². The van der Waals surface area contributed by atoms with Gasteiger partial charge in [-0.15, -0.1) is 0 Å². The molecule has 1 aromatic heterocycles. The lowest BCUT2D eigenvalue weighted by Crippen LogP contribution is -2.25. The van der Waals surface area contributed by atoms with Crippen LogP contribution < -0.4 is 5.32 Å². The van der Waals surface area contributed by atoms with Gasteiger partial charge in [-0.3, -0.25) is 4.68 Å². The third-order valence-corrected chi connectivity index (χ3v) is 3.48. The third kappa shape index (κ3) is 2.99. The minimum atomic E-state index is 0.0832. The molecule has 0 radical (unpaired) electrons. The summed E-state index contributed by atoms with van der Waals surface area (Å²) in [4.78, 5) is 0. The highest BCUT2D eigenvalue weighted by Crippen LogP contribution is 2.28. The highest BCUT2D eigenvalue weighted by molar-refractivity contribution is 6.31. The molecule has 0 bridgehead atoms. The van der Waals surface area contributed by atoms with E-state index in [2.05, 4.69) is 55.5 Å². The molecule has 1 unspecified atom stereocenters. The quantitative estimate of drug-likeness (QED) is 0.906. The van der Waals surface area contributed by atoms with Crippen molar-refractivity contribution in [2.45, 2.75) is 33.4 Å². The largest absolute Gasteiger partial charge is 0.305 e. The molecule has 1 aromatic carbocycles. The summed E-state index contributed by atoms with van der Waals surface area (Å²) in [5, 5.41) is 8.55. The van der Waals surface area contributed by atoms with Gasteiger partial charge in [0.25, 0.3) is 0 Å². The molecule has 0 aliphatic carbocycles. The average Bonchev–Trinajstić information content (AvgIpc) is 2.77. The Morgan fingerprint density at radius 2 is 2.16 bits per heavy atom. The fraction of sp³-hybridized carbons (Fsp3) is 0.400. The van der Waals surface area contributed by atoms with E-state index in [1.54, 1.807) is 6.20 Å². The number of benzene rings is 1. The van der Waals surface area contributed by atoms with Crippen LogP contribution in [0.2, 0.25) is 5.02 Å². The summed E-state index contributed by atoms with van der Waals surface area (Å²) in [6.45, 7) is 7.97. The summed E-state index contributed by atoms with van der Waals surface area (Å²) in [6, 6.07) is 8.58. The van der Waals surface area contributed by atoms with Crippen LogP contribution in [-0.2, 0) is 6.54 Å². The van der Waals surface area contributed by atoms with Gasteiger partial charge in [0.1, 0.15) is 0 Å². The lowest BCUT2D eigenvalue weighted by molar-refractivity contribution is 0.542. The number of hydrogen-bond acceptors (Lipinski definition) is 2. The number of nitrogens with zero attached hydrogens (tertiary/aromatic N) is 2. The van der Waals surface area contributed by atoms with Crippen molar-refractivity contribution in [2.24, 2.45) is 0 Å². The lowest BCUT2D eigenvalue weighted by Gasteiger charge is -2.20. The first kappa shape index (κ1) is 14.1. The molecule has 2 aromatic rings. The number of hydrogen-bond donors (Lipinski definition) is 1. The monoisotopic (exact) mass is 277 g/mol. The van der Waals surface area contributed by atoms with Crippen LogP contribution in [0, 0.1) is 6.92 Å². The molecule has 0 spiro atoms. The van der Waals surface area contributed by atoms with E-state index < -0.39 is 0 Å². The molecular weight excluding hydrogens is 258 g/mol. The van der Waals surface area contributed by atoms with Crippen LogP contribution in [0.3, 0.4) is 0 Å². The summed E-state index contributed by atoms with van der Waals surface area (Å²) in [5.41, 5.74) is 3.51. The lowest BCUT2D eigenvalue weighted by atomic mass is 10.0. The fourth-order valence-electron chi connectivity index (χ4n) is 2.34. The Morgan fingerprint density at radius 1 is 1.37 bits per heavy atom. The first-order valence-electron chi connectivity index (χ1n) is 6.68. The number of aromatic nitrogens is 2. The Bertz CT molecular complexity index is 548. The van der Waals surface area contributed by atoms with Gasteiger partial charge in [0.2, 0.25) is 0 Å². The minimum Gasteiger partial charge on any atom is -0.305 e. The summed E-state index contributed by atoms with van der Waals surface area (Å²) in [6.07, 6.45) is 1.72. The van der Waals surface area contributed by atoms with E-state index in [1.165, 1.54) is 11.1 Å². The summed E-state index contributed by atoms with van der Waals surface area (Å²) >= 11 is 6.32. The van der Waals surface area contributed by atoms with Gasteiger partial charge < -0.3 is 5.32 Å².